The Balaban J connectivity index is 2.85. The molecule has 0 fully saturated rings. The Kier molecular flexibility index (Phi) is 5.22. The Bertz CT molecular complexity index is 454. The third-order valence-corrected chi connectivity index (χ3v) is 3.44. The largest absolute Gasteiger partial charge is 0.322 e. The summed E-state index contributed by atoms with van der Waals surface area (Å²) in [6.07, 6.45) is 0.728. The molecule has 0 bridgehead atoms. The van der Waals surface area contributed by atoms with E-state index < -0.39 is 23.6 Å². The van der Waals surface area contributed by atoms with Gasteiger partial charge in [-0.15, -0.1) is 0 Å². The van der Waals surface area contributed by atoms with E-state index in [-0.39, 0.29) is 16.1 Å². The number of halogens is 3. The van der Waals surface area contributed by atoms with Gasteiger partial charge in [-0.2, -0.15) is 0 Å². The molecule has 1 aromatic carbocycles. The van der Waals surface area contributed by atoms with Gasteiger partial charge in [0, 0.05) is 6.07 Å². The molecule has 0 aliphatic heterocycles. The average Bonchev–Trinajstić information content (AvgIpc) is 2.33. The second kappa shape index (κ2) is 6.24. The van der Waals surface area contributed by atoms with Crippen LogP contribution >= 0.6 is 15.9 Å². The van der Waals surface area contributed by atoms with Crippen LogP contribution in [0.15, 0.2) is 16.6 Å². The van der Waals surface area contributed by atoms with E-state index in [0.717, 1.165) is 18.6 Å². The van der Waals surface area contributed by atoms with Crippen LogP contribution in [0, 0.1) is 17.6 Å². The van der Waals surface area contributed by atoms with Crippen LogP contribution in [0.3, 0.4) is 0 Å². The van der Waals surface area contributed by atoms with Crippen LogP contribution in [0.2, 0.25) is 0 Å². The van der Waals surface area contributed by atoms with E-state index in [0.29, 0.717) is 0 Å². The van der Waals surface area contributed by atoms with Crippen LogP contribution < -0.4 is 11.1 Å². The van der Waals surface area contributed by atoms with Crippen molar-refractivity contribution in [3.63, 3.8) is 0 Å². The number of hydrogen-bond donors (Lipinski definition) is 2. The fraction of sp³-hybridized carbons (Fsp3) is 0.417. The summed E-state index contributed by atoms with van der Waals surface area (Å²) in [7, 11) is 0. The molecule has 100 valence electrons. The molecule has 0 saturated heterocycles. The van der Waals surface area contributed by atoms with Crippen molar-refractivity contribution < 1.29 is 13.6 Å². The van der Waals surface area contributed by atoms with E-state index in [9.17, 15) is 13.6 Å². The fourth-order valence-electron chi connectivity index (χ4n) is 1.35. The van der Waals surface area contributed by atoms with Gasteiger partial charge in [0.1, 0.15) is 11.6 Å². The number of hydrogen-bond acceptors (Lipinski definition) is 2. The molecular formula is C12H15BrF2N2O. The Morgan fingerprint density at radius 3 is 2.61 bits per heavy atom. The highest BCUT2D eigenvalue weighted by Crippen LogP contribution is 2.23. The first kappa shape index (κ1) is 15.0. The minimum atomic E-state index is -0.749. The molecule has 0 spiro atoms. The number of nitrogens with one attached hydrogen (secondary N) is 1. The quantitative estimate of drug-likeness (QED) is 0.838. The van der Waals surface area contributed by atoms with Crippen molar-refractivity contribution in [3.8, 4) is 0 Å². The van der Waals surface area contributed by atoms with Crippen LogP contribution in [0.4, 0.5) is 14.5 Å². The Labute approximate surface area is 113 Å². The van der Waals surface area contributed by atoms with Crippen LogP contribution in [0.25, 0.3) is 0 Å². The highest BCUT2D eigenvalue weighted by molar-refractivity contribution is 9.10. The fourth-order valence-corrected chi connectivity index (χ4v) is 1.66. The van der Waals surface area contributed by atoms with Gasteiger partial charge in [-0.25, -0.2) is 8.78 Å². The molecule has 18 heavy (non-hydrogen) atoms. The Hall–Kier alpha value is -1.01. The minimum Gasteiger partial charge on any atom is -0.322 e. The zero-order valence-corrected chi connectivity index (χ0v) is 11.7. The molecule has 3 N–H and O–H groups in total. The first-order valence-electron chi connectivity index (χ1n) is 5.57. The lowest BCUT2D eigenvalue weighted by molar-refractivity contribution is -0.118. The molecule has 2 atom stereocenters. The van der Waals surface area contributed by atoms with Crippen molar-refractivity contribution in [3.05, 3.63) is 28.2 Å². The number of amides is 1. The van der Waals surface area contributed by atoms with Crippen LogP contribution in [-0.2, 0) is 4.79 Å². The van der Waals surface area contributed by atoms with E-state index in [2.05, 4.69) is 21.2 Å². The minimum absolute atomic E-state index is 0.00391. The van der Waals surface area contributed by atoms with Crippen LogP contribution in [0.5, 0.6) is 0 Å². The van der Waals surface area contributed by atoms with E-state index in [1.165, 1.54) is 0 Å². The number of carbonyl (C=O) groups excluding carboxylic acids is 1. The molecule has 1 aromatic rings. The van der Waals surface area contributed by atoms with Crippen LogP contribution in [0.1, 0.15) is 20.3 Å². The van der Waals surface area contributed by atoms with Crippen molar-refractivity contribution in [1.29, 1.82) is 0 Å². The van der Waals surface area contributed by atoms with Crippen molar-refractivity contribution in [2.75, 3.05) is 5.32 Å². The monoisotopic (exact) mass is 320 g/mol. The van der Waals surface area contributed by atoms with Gasteiger partial charge in [0.15, 0.2) is 0 Å². The Morgan fingerprint density at radius 2 is 2.06 bits per heavy atom. The lowest BCUT2D eigenvalue weighted by Gasteiger charge is -2.18. The topological polar surface area (TPSA) is 55.1 Å². The maximum absolute atomic E-state index is 13.5. The van der Waals surface area contributed by atoms with Gasteiger partial charge in [0.2, 0.25) is 5.91 Å². The summed E-state index contributed by atoms with van der Waals surface area (Å²) < 4.78 is 26.7. The average molecular weight is 321 g/mol. The number of nitrogens with two attached hydrogens (primary N) is 1. The molecule has 0 radical (unpaired) electrons. The smallest absolute Gasteiger partial charge is 0.241 e. The normalized spacial score (nSPS) is 14.1. The molecule has 1 unspecified atom stereocenters. The number of carbonyl (C=O) groups is 1. The molecule has 0 aliphatic carbocycles. The summed E-state index contributed by atoms with van der Waals surface area (Å²) >= 11 is 2.86. The summed E-state index contributed by atoms with van der Waals surface area (Å²) in [6.45, 7) is 3.72. The van der Waals surface area contributed by atoms with Gasteiger partial charge in [0.05, 0.1) is 16.2 Å². The molecule has 0 aliphatic rings. The van der Waals surface area contributed by atoms with E-state index in [1.807, 2.05) is 13.8 Å². The van der Waals surface area contributed by atoms with E-state index in [1.54, 1.807) is 0 Å². The van der Waals surface area contributed by atoms with Gasteiger partial charge >= 0.3 is 0 Å². The second-order valence-electron chi connectivity index (χ2n) is 4.15. The van der Waals surface area contributed by atoms with Crippen molar-refractivity contribution in [1.82, 2.24) is 0 Å². The van der Waals surface area contributed by atoms with Gasteiger partial charge < -0.3 is 11.1 Å². The standard InChI is InChI=1S/C12H15BrF2N2O/c1-3-6(2)11(16)12(18)17-10-5-8(14)7(13)4-9(10)15/h4-6,11H,3,16H2,1-2H3,(H,17,18)/t6?,11-/m0/s1. The molecule has 1 amide bonds. The summed E-state index contributed by atoms with van der Waals surface area (Å²) in [6, 6.07) is 1.13. The SMILES string of the molecule is CCC(C)[C@H](N)C(=O)Nc1cc(F)c(Br)cc1F. The van der Waals surface area contributed by atoms with Gasteiger partial charge in [0.25, 0.3) is 0 Å². The van der Waals surface area contributed by atoms with Gasteiger partial charge in [-0.05, 0) is 27.9 Å². The highest BCUT2D eigenvalue weighted by Gasteiger charge is 2.21. The van der Waals surface area contributed by atoms with Crippen LogP contribution in [-0.4, -0.2) is 11.9 Å². The maximum atomic E-state index is 13.5. The highest BCUT2D eigenvalue weighted by atomic mass is 79.9. The lowest BCUT2D eigenvalue weighted by atomic mass is 9.99. The molecule has 3 nitrogen and oxygen atoms in total. The maximum Gasteiger partial charge on any atom is 0.241 e. The summed E-state index contributed by atoms with van der Waals surface area (Å²) in [4.78, 5) is 11.7. The molecular weight excluding hydrogens is 306 g/mol. The molecule has 6 heteroatoms. The predicted octanol–water partition coefficient (Wildman–Crippen LogP) is 3.04. The molecule has 0 saturated carbocycles. The van der Waals surface area contributed by atoms with Crippen molar-refractivity contribution in [2.24, 2.45) is 11.7 Å². The number of anilines is 1. The summed E-state index contributed by atoms with van der Waals surface area (Å²) in [5.74, 6) is -1.92. The third-order valence-electron chi connectivity index (χ3n) is 2.83. The second-order valence-corrected chi connectivity index (χ2v) is 5.00. The molecule has 1 rings (SSSR count). The Morgan fingerprint density at radius 1 is 1.44 bits per heavy atom. The van der Waals surface area contributed by atoms with Gasteiger partial charge in [-0.1, -0.05) is 20.3 Å². The zero-order valence-electron chi connectivity index (χ0n) is 10.1. The molecule has 0 aromatic heterocycles. The summed E-state index contributed by atoms with van der Waals surface area (Å²) in [5.41, 5.74) is 5.49. The first-order chi connectivity index (χ1) is 8.36. The third kappa shape index (κ3) is 3.49. The van der Waals surface area contributed by atoms with Gasteiger partial charge in [-0.3, -0.25) is 4.79 Å². The van der Waals surface area contributed by atoms with Crippen molar-refractivity contribution >= 4 is 27.5 Å². The van der Waals surface area contributed by atoms with E-state index in [4.69, 9.17) is 5.73 Å². The molecule has 0 heterocycles. The number of rotatable bonds is 4. The summed E-state index contributed by atoms with van der Waals surface area (Å²) in [5, 5.41) is 2.29. The first-order valence-corrected chi connectivity index (χ1v) is 6.37. The number of benzene rings is 1. The lowest BCUT2D eigenvalue weighted by Crippen LogP contribution is -2.40. The zero-order chi connectivity index (χ0) is 13.9. The predicted molar refractivity (Wildman–Crippen MR) is 70.1 cm³/mol. The van der Waals surface area contributed by atoms with E-state index >= 15 is 0 Å². The van der Waals surface area contributed by atoms with Crippen molar-refractivity contribution in [2.45, 2.75) is 26.3 Å².